The van der Waals surface area contributed by atoms with Crippen LogP contribution in [-0.4, -0.2) is 18.4 Å². The highest BCUT2D eigenvalue weighted by Gasteiger charge is 1.92. The number of ether oxygens (including phenoxy) is 1. The minimum absolute atomic E-state index is 0.987. The molecule has 0 saturated heterocycles. The van der Waals surface area contributed by atoms with E-state index >= 15 is 0 Å². The summed E-state index contributed by atoms with van der Waals surface area (Å²) in [6, 6.07) is 0. The van der Waals surface area contributed by atoms with Gasteiger partial charge in [0.05, 0.1) is 0 Å². The molecule has 0 bridgehead atoms. The first-order valence-electron chi connectivity index (χ1n) is 8.37. The first-order chi connectivity index (χ1) is 9.83. The molecule has 0 amide bonds. The molecule has 4 heteroatoms. The van der Waals surface area contributed by atoms with E-state index in [0.717, 1.165) is 13.2 Å². The molecule has 20 heavy (non-hydrogen) atoms. The summed E-state index contributed by atoms with van der Waals surface area (Å²) in [4.78, 5) is 8.11. The molecule has 0 fully saturated rings. The second kappa shape index (κ2) is 23.5. The second-order valence-electron chi connectivity index (χ2n) is 5.23. The maximum atomic E-state index is 8.11. The van der Waals surface area contributed by atoms with E-state index in [0.29, 0.717) is 0 Å². The maximum absolute atomic E-state index is 8.11. The summed E-state index contributed by atoms with van der Waals surface area (Å²) in [6.07, 6.45) is 16.3. The Morgan fingerprint density at radius 2 is 1.00 bits per heavy atom. The van der Waals surface area contributed by atoms with Crippen LogP contribution in [0.4, 0.5) is 0 Å². The fourth-order valence-corrected chi connectivity index (χ4v) is 2.07. The lowest BCUT2D eigenvalue weighted by atomic mass is 10.1. The first kappa shape index (κ1) is 21.7. The molecule has 0 aliphatic carbocycles. The molecule has 0 aromatic carbocycles. The van der Waals surface area contributed by atoms with Gasteiger partial charge < -0.3 is 9.94 Å². The Labute approximate surface area is 125 Å². The van der Waals surface area contributed by atoms with Crippen LogP contribution in [0.5, 0.6) is 0 Å². The number of unbranched alkanes of at least 4 members (excludes halogenated alkanes) is 10. The highest BCUT2D eigenvalue weighted by atomic mass is 16.6. The molecule has 122 valence electrons. The molecule has 0 rings (SSSR count). The Balaban J connectivity index is 0. The molecule has 0 unspecified atom stereocenters. The summed E-state index contributed by atoms with van der Waals surface area (Å²) in [5.74, 6) is 0. The molecule has 0 atom stereocenters. The van der Waals surface area contributed by atoms with E-state index in [9.17, 15) is 0 Å². The average Bonchev–Trinajstić information content (AvgIpc) is 2.45. The lowest BCUT2D eigenvalue weighted by Gasteiger charge is -2.04. The van der Waals surface area contributed by atoms with Gasteiger partial charge in [-0.15, -0.1) is 4.91 Å². The lowest BCUT2D eigenvalue weighted by Crippen LogP contribution is -1.97. The molecule has 0 aliphatic heterocycles. The van der Waals surface area contributed by atoms with Crippen LogP contribution in [0.1, 0.15) is 90.9 Å². The Morgan fingerprint density at radius 1 is 0.700 bits per heavy atom. The van der Waals surface area contributed by atoms with E-state index < -0.39 is 0 Å². The molecule has 0 aromatic heterocycles. The van der Waals surface area contributed by atoms with E-state index in [-0.39, 0.29) is 0 Å². The van der Waals surface area contributed by atoms with Gasteiger partial charge in [-0.1, -0.05) is 78.1 Å². The van der Waals surface area contributed by atoms with Crippen LogP contribution < -0.4 is 0 Å². The van der Waals surface area contributed by atoms with Gasteiger partial charge in [0, 0.05) is 13.2 Å². The summed E-state index contributed by atoms with van der Waals surface area (Å²) in [6.45, 7) is 6.51. The van der Waals surface area contributed by atoms with E-state index in [4.69, 9.17) is 14.9 Å². The molecule has 0 aliphatic rings. The third-order valence-corrected chi connectivity index (χ3v) is 3.28. The quantitative estimate of drug-likeness (QED) is 0.247. The Morgan fingerprint density at radius 3 is 1.35 bits per heavy atom. The number of rotatable bonds is 14. The van der Waals surface area contributed by atoms with Gasteiger partial charge in [0.2, 0.25) is 0 Å². The van der Waals surface area contributed by atoms with Gasteiger partial charge in [0.1, 0.15) is 0 Å². The fraction of sp³-hybridized carbons (Fsp3) is 1.00. The van der Waals surface area contributed by atoms with Crippen molar-refractivity contribution in [2.75, 3.05) is 13.2 Å². The molecule has 0 spiro atoms. The monoisotopic (exact) mass is 289 g/mol. The summed E-state index contributed by atoms with van der Waals surface area (Å²) < 4.78 is 5.65. The van der Waals surface area contributed by atoms with Crippen LogP contribution in [0.3, 0.4) is 0 Å². The van der Waals surface area contributed by atoms with Crippen molar-refractivity contribution in [3.05, 3.63) is 4.91 Å². The number of hydrogen-bond acceptors (Lipinski definition) is 3. The molecule has 0 radical (unpaired) electrons. The van der Waals surface area contributed by atoms with Crippen LogP contribution in [-0.2, 0) is 4.74 Å². The average molecular weight is 289 g/mol. The van der Waals surface area contributed by atoms with Crippen molar-refractivity contribution in [3.63, 3.8) is 0 Å². The summed E-state index contributed by atoms with van der Waals surface area (Å²) >= 11 is 0. The number of hydrogen-bond donors (Lipinski definition) is 1. The Kier molecular flexibility index (Phi) is 25.4. The van der Waals surface area contributed by atoms with Gasteiger partial charge in [-0.25, -0.2) is 0 Å². The smallest absolute Gasteiger partial charge is 0.152 e. The second-order valence-corrected chi connectivity index (χ2v) is 5.23. The summed E-state index contributed by atoms with van der Waals surface area (Å²) in [5.41, 5.74) is 0. The van der Waals surface area contributed by atoms with Gasteiger partial charge in [0.15, 0.2) is 5.34 Å². The highest BCUT2D eigenvalue weighted by Crippen LogP contribution is 2.06. The molecule has 4 nitrogen and oxygen atoms in total. The van der Waals surface area contributed by atoms with Crippen molar-refractivity contribution in [2.45, 2.75) is 90.9 Å². The molecule has 0 saturated carbocycles. The Bertz CT molecular complexity index is 152. The predicted octanol–water partition coefficient (Wildman–Crippen LogP) is 5.87. The van der Waals surface area contributed by atoms with Crippen molar-refractivity contribution in [1.82, 2.24) is 0 Å². The predicted molar refractivity (Wildman–Crippen MR) is 85.2 cm³/mol. The van der Waals surface area contributed by atoms with Gasteiger partial charge in [0.25, 0.3) is 0 Å². The van der Waals surface area contributed by atoms with Gasteiger partial charge in [-0.2, -0.15) is 0 Å². The van der Waals surface area contributed by atoms with Crippen LogP contribution in [0.15, 0.2) is 5.34 Å². The zero-order chi connectivity index (χ0) is 15.3. The highest BCUT2D eigenvalue weighted by molar-refractivity contribution is 4.45. The zero-order valence-electron chi connectivity index (χ0n) is 13.6. The largest absolute Gasteiger partial charge is 0.381 e. The normalized spacial score (nSPS) is 9.90. The zero-order valence-corrected chi connectivity index (χ0v) is 13.6. The van der Waals surface area contributed by atoms with E-state index in [2.05, 4.69) is 13.8 Å². The lowest BCUT2D eigenvalue weighted by molar-refractivity contribution is 0.125. The van der Waals surface area contributed by atoms with Crippen molar-refractivity contribution in [1.29, 1.82) is 0 Å². The fourth-order valence-electron chi connectivity index (χ4n) is 2.07. The minimum atomic E-state index is 0.987. The molecule has 0 aromatic rings. The Hall–Kier alpha value is -0.640. The maximum Gasteiger partial charge on any atom is 0.152 e. The van der Waals surface area contributed by atoms with E-state index in [1.165, 1.54) is 82.4 Å². The van der Waals surface area contributed by atoms with Gasteiger partial charge in [-0.3, -0.25) is 0 Å². The van der Waals surface area contributed by atoms with Crippen molar-refractivity contribution >= 4 is 0 Å². The van der Waals surface area contributed by atoms with Crippen molar-refractivity contribution < 1.29 is 9.94 Å². The third-order valence-electron chi connectivity index (χ3n) is 3.28. The SMILES string of the molecule is CCCCCCCCOCCCCCCCC.O=NO. The van der Waals surface area contributed by atoms with Crippen LogP contribution in [0.2, 0.25) is 0 Å². The van der Waals surface area contributed by atoms with Crippen LogP contribution >= 0.6 is 0 Å². The van der Waals surface area contributed by atoms with Gasteiger partial charge >= 0.3 is 0 Å². The van der Waals surface area contributed by atoms with Crippen LogP contribution in [0.25, 0.3) is 0 Å². The molecular weight excluding hydrogens is 254 g/mol. The summed E-state index contributed by atoms with van der Waals surface area (Å²) in [7, 11) is 0. The standard InChI is InChI=1S/C16H34O.HNO2/c1-3-5-7-9-11-13-15-17-16-14-12-10-8-6-4-2;2-1-3/h3-16H2,1-2H3;(H,2,3). The molecular formula is C16H35NO3. The molecule has 0 heterocycles. The number of nitrogens with zero attached hydrogens (tertiary/aromatic N) is 1. The molecule has 1 N–H and O–H groups in total. The summed E-state index contributed by atoms with van der Waals surface area (Å²) in [5, 5.41) is 7.89. The minimum Gasteiger partial charge on any atom is -0.381 e. The third kappa shape index (κ3) is 26.0. The van der Waals surface area contributed by atoms with Crippen LogP contribution in [0, 0.1) is 4.91 Å². The van der Waals surface area contributed by atoms with Crippen molar-refractivity contribution in [2.24, 2.45) is 5.34 Å². The van der Waals surface area contributed by atoms with Crippen molar-refractivity contribution in [3.8, 4) is 0 Å². The topological polar surface area (TPSA) is 58.9 Å². The first-order valence-corrected chi connectivity index (χ1v) is 8.37. The van der Waals surface area contributed by atoms with E-state index in [1.54, 1.807) is 0 Å². The van der Waals surface area contributed by atoms with Gasteiger partial charge in [-0.05, 0) is 12.8 Å². The van der Waals surface area contributed by atoms with E-state index in [1.807, 2.05) is 0 Å².